The minimum Gasteiger partial charge on any atom is -0.497 e. The average Bonchev–Trinajstić information content (AvgIpc) is 3.14. The Labute approximate surface area is 283 Å². The Hall–Kier alpha value is -3.49. The predicted molar refractivity (Wildman–Crippen MR) is 178 cm³/mol. The molecule has 0 spiro atoms. The van der Waals surface area contributed by atoms with Crippen LogP contribution >= 0.6 is 0 Å². The van der Waals surface area contributed by atoms with Gasteiger partial charge in [-0.3, -0.25) is 4.79 Å². The average molecular weight is 686 g/mol. The Kier molecular flexibility index (Phi) is 12.5. The normalized spacial score (nSPS) is 21.0. The van der Waals surface area contributed by atoms with Gasteiger partial charge in [0.2, 0.25) is 16.3 Å². The highest BCUT2D eigenvalue weighted by Crippen LogP contribution is 2.33. The lowest BCUT2D eigenvalue weighted by Gasteiger charge is -2.40. The van der Waals surface area contributed by atoms with E-state index >= 15 is 0 Å². The summed E-state index contributed by atoms with van der Waals surface area (Å²) in [5.74, 6) is -0.161. The van der Waals surface area contributed by atoms with Crippen LogP contribution in [0, 0.1) is 0 Å². The minimum absolute atomic E-state index is 0.0310. The summed E-state index contributed by atoms with van der Waals surface area (Å²) in [5.41, 5.74) is 1.29. The lowest BCUT2D eigenvalue weighted by Crippen LogP contribution is -2.49. The summed E-state index contributed by atoms with van der Waals surface area (Å²) in [7, 11) is -1.10. The Morgan fingerprint density at radius 3 is 2.25 bits per heavy atom. The highest BCUT2D eigenvalue weighted by molar-refractivity contribution is 7.89. The third kappa shape index (κ3) is 8.75. The molecule has 262 valence electrons. The van der Waals surface area contributed by atoms with Gasteiger partial charge in [0, 0.05) is 44.6 Å². The molecule has 3 heterocycles. The molecule has 0 radical (unpaired) electrons. The van der Waals surface area contributed by atoms with E-state index in [1.165, 1.54) is 45.6 Å². The number of allylic oxidation sites excluding steroid dienone is 1. The van der Waals surface area contributed by atoms with Gasteiger partial charge in [-0.05, 0) is 86.8 Å². The van der Waals surface area contributed by atoms with Crippen molar-refractivity contribution < 1.29 is 42.1 Å². The summed E-state index contributed by atoms with van der Waals surface area (Å²) < 4.78 is 50.1. The summed E-state index contributed by atoms with van der Waals surface area (Å²) in [6.07, 6.45) is 6.94. The third-order valence-corrected chi connectivity index (χ3v) is 11.3. The Balaban J connectivity index is 1.27. The molecule has 0 aromatic heterocycles. The van der Waals surface area contributed by atoms with Gasteiger partial charge in [-0.1, -0.05) is 18.6 Å². The van der Waals surface area contributed by atoms with Crippen LogP contribution in [-0.2, 0) is 29.0 Å². The zero-order valence-electron chi connectivity index (χ0n) is 27.8. The number of hydrogen-bond donors (Lipinski definition) is 1. The number of esters is 1. The smallest absolute Gasteiger partial charge is 0.337 e. The number of likely N-dealkylation sites (tertiary alicyclic amines) is 2. The van der Waals surface area contributed by atoms with E-state index in [0.29, 0.717) is 36.9 Å². The topological polar surface area (TPSA) is 135 Å². The number of carbonyl (C=O) groups excluding carboxylic acids is 2. The summed E-state index contributed by atoms with van der Waals surface area (Å²) in [5, 5.41) is 9.64. The standard InChI is InChI=1S/C35H47N3O9S/c1-44-30-10-12-31(13-11-30)48(42,43)38(20-22-39)21-23-46-33-25-28(26-6-8-27(9-7-26)35(41)45-2)24-32(47-33)34(40)37-18-14-29(15-19-37)36-16-4-3-5-17-36/h6-13,24,28-29,33,39H,3-5,14-23,25H2,1-2H3. The summed E-state index contributed by atoms with van der Waals surface area (Å²) in [4.78, 5) is 30.3. The van der Waals surface area contributed by atoms with Crippen molar-refractivity contribution in [2.45, 2.75) is 61.7 Å². The van der Waals surface area contributed by atoms with Crippen molar-refractivity contribution in [3.8, 4) is 5.75 Å². The van der Waals surface area contributed by atoms with Crippen LogP contribution in [0.25, 0.3) is 0 Å². The molecule has 13 heteroatoms. The van der Waals surface area contributed by atoms with Crippen LogP contribution in [-0.4, -0.2) is 119 Å². The second kappa shape index (κ2) is 16.8. The van der Waals surface area contributed by atoms with E-state index in [1.807, 2.05) is 23.1 Å². The molecule has 3 aliphatic heterocycles. The highest BCUT2D eigenvalue weighted by Gasteiger charge is 2.34. The van der Waals surface area contributed by atoms with Gasteiger partial charge < -0.3 is 33.9 Å². The fourth-order valence-electron chi connectivity index (χ4n) is 6.65. The zero-order chi connectivity index (χ0) is 34.1. The number of aliphatic hydroxyl groups excluding tert-OH is 1. The molecule has 2 aromatic carbocycles. The van der Waals surface area contributed by atoms with Crippen molar-refractivity contribution in [1.29, 1.82) is 0 Å². The van der Waals surface area contributed by atoms with E-state index in [4.69, 9.17) is 18.9 Å². The largest absolute Gasteiger partial charge is 0.497 e. The first-order valence-electron chi connectivity index (χ1n) is 16.7. The van der Waals surface area contributed by atoms with Crippen LogP contribution in [0.2, 0.25) is 0 Å². The molecule has 2 fully saturated rings. The van der Waals surface area contributed by atoms with Gasteiger partial charge >= 0.3 is 5.97 Å². The van der Waals surface area contributed by atoms with Crippen molar-refractivity contribution in [3.63, 3.8) is 0 Å². The minimum atomic E-state index is -3.93. The molecule has 0 aliphatic carbocycles. The maximum absolute atomic E-state index is 13.8. The number of sulfonamides is 1. The number of methoxy groups -OCH3 is 2. The van der Waals surface area contributed by atoms with Crippen molar-refractivity contribution in [3.05, 3.63) is 71.5 Å². The molecular formula is C35H47N3O9S. The maximum Gasteiger partial charge on any atom is 0.337 e. The fraction of sp³-hybridized carbons (Fsp3) is 0.543. The number of carbonyl (C=O) groups is 2. The lowest BCUT2D eigenvalue weighted by molar-refractivity contribution is -0.153. The molecule has 2 aromatic rings. The molecule has 2 saturated heterocycles. The van der Waals surface area contributed by atoms with E-state index < -0.39 is 22.3 Å². The highest BCUT2D eigenvalue weighted by atomic mass is 32.2. The van der Waals surface area contributed by atoms with E-state index in [2.05, 4.69) is 4.90 Å². The molecule has 0 saturated carbocycles. The van der Waals surface area contributed by atoms with Gasteiger partial charge in [0.25, 0.3) is 5.91 Å². The third-order valence-electron chi connectivity index (χ3n) is 9.38. The molecule has 0 bridgehead atoms. The second-order valence-corrected chi connectivity index (χ2v) is 14.3. The molecular weight excluding hydrogens is 638 g/mol. The quantitative estimate of drug-likeness (QED) is 0.313. The molecule has 3 aliphatic rings. The van der Waals surface area contributed by atoms with Crippen LogP contribution in [0.3, 0.4) is 0 Å². The molecule has 2 atom stereocenters. The first-order valence-corrected chi connectivity index (χ1v) is 18.1. The molecule has 1 N–H and O–H groups in total. The number of amides is 1. The number of piperidine rings is 2. The van der Waals surface area contributed by atoms with Crippen molar-refractivity contribution in [2.24, 2.45) is 0 Å². The second-order valence-electron chi connectivity index (χ2n) is 12.3. The molecule has 12 nitrogen and oxygen atoms in total. The van der Waals surface area contributed by atoms with Gasteiger partial charge in [-0.2, -0.15) is 4.31 Å². The molecule has 2 unspecified atom stereocenters. The number of aliphatic hydroxyl groups is 1. The van der Waals surface area contributed by atoms with E-state index in [9.17, 15) is 23.1 Å². The van der Waals surface area contributed by atoms with Gasteiger partial charge in [0.1, 0.15) is 5.75 Å². The first kappa shape index (κ1) is 35.8. The Morgan fingerprint density at radius 2 is 1.62 bits per heavy atom. The van der Waals surface area contributed by atoms with Crippen LogP contribution in [0.5, 0.6) is 5.75 Å². The summed E-state index contributed by atoms with van der Waals surface area (Å²) in [6, 6.07) is 13.6. The maximum atomic E-state index is 13.8. The van der Waals surface area contributed by atoms with E-state index in [-0.39, 0.29) is 48.8 Å². The number of nitrogens with zero attached hydrogens (tertiary/aromatic N) is 3. The first-order chi connectivity index (χ1) is 23.2. The molecule has 5 rings (SSSR count). The van der Waals surface area contributed by atoms with Crippen LogP contribution in [0.1, 0.15) is 60.4 Å². The van der Waals surface area contributed by atoms with Gasteiger partial charge in [0.05, 0.1) is 37.9 Å². The SMILES string of the molecule is COC(=O)c1ccc(C2C=C(C(=O)N3CCC(N4CCCCC4)CC3)OC(OCCN(CCO)S(=O)(=O)c3ccc(OC)cc3)C2)cc1. The number of hydrogen-bond acceptors (Lipinski definition) is 10. The number of ether oxygens (including phenoxy) is 4. The van der Waals surface area contributed by atoms with Crippen molar-refractivity contribution in [1.82, 2.24) is 14.1 Å². The monoisotopic (exact) mass is 685 g/mol. The predicted octanol–water partition coefficient (Wildman–Crippen LogP) is 3.37. The Bertz CT molecular complexity index is 1500. The van der Waals surface area contributed by atoms with Gasteiger partial charge in [0.15, 0.2) is 5.76 Å². The van der Waals surface area contributed by atoms with Crippen molar-refractivity contribution >= 4 is 21.9 Å². The lowest BCUT2D eigenvalue weighted by atomic mass is 9.92. The summed E-state index contributed by atoms with van der Waals surface area (Å²) in [6.45, 7) is 2.98. The van der Waals surface area contributed by atoms with E-state index in [1.54, 1.807) is 24.3 Å². The summed E-state index contributed by atoms with van der Waals surface area (Å²) >= 11 is 0. The number of rotatable bonds is 13. The van der Waals surface area contributed by atoms with Crippen LogP contribution < -0.4 is 4.74 Å². The fourth-order valence-corrected chi connectivity index (χ4v) is 8.06. The molecule has 1 amide bonds. The van der Waals surface area contributed by atoms with Crippen LogP contribution in [0.15, 0.2) is 65.3 Å². The zero-order valence-corrected chi connectivity index (χ0v) is 28.6. The van der Waals surface area contributed by atoms with Gasteiger partial charge in [-0.15, -0.1) is 0 Å². The Morgan fingerprint density at radius 1 is 0.938 bits per heavy atom. The number of benzene rings is 2. The van der Waals surface area contributed by atoms with Crippen LogP contribution in [0.4, 0.5) is 0 Å². The van der Waals surface area contributed by atoms with Gasteiger partial charge in [-0.25, -0.2) is 13.2 Å². The molecule has 48 heavy (non-hydrogen) atoms. The van der Waals surface area contributed by atoms with Crippen molar-refractivity contribution in [2.75, 3.05) is 66.7 Å². The van der Waals surface area contributed by atoms with E-state index in [0.717, 1.165) is 35.8 Å².